The van der Waals surface area contributed by atoms with Gasteiger partial charge in [0.1, 0.15) is 0 Å². The summed E-state index contributed by atoms with van der Waals surface area (Å²) in [5.74, 6) is 0.662. The molecule has 1 amide bonds. The first-order chi connectivity index (χ1) is 7.22. The molecule has 2 aliphatic rings. The van der Waals surface area contributed by atoms with Crippen molar-refractivity contribution in [2.45, 2.75) is 38.3 Å². The first kappa shape index (κ1) is 10.9. The fourth-order valence-electron chi connectivity index (χ4n) is 2.09. The molecule has 4 nitrogen and oxygen atoms in total. The summed E-state index contributed by atoms with van der Waals surface area (Å²) in [5.41, 5.74) is 5.46. The fourth-order valence-corrected chi connectivity index (χ4v) is 2.09. The second-order valence-electron chi connectivity index (χ2n) is 4.71. The Labute approximate surface area is 90.5 Å². The molecular formula is C11H20N2O2. The molecule has 1 aliphatic carbocycles. The Morgan fingerprint density at radius 1 is 1.53 bits per heavy atom. The van der Waals surface area contributed by atoms with Gasteiger partial charge in [-0.15, -0.1) is 0 Å². The van der Waals surface area contributed by atoms with Crippen molar-refractivity contribution >= 4 is 5.91 Å². The molecule has 0 radical (unpaired) electrons. The molecule has 0 spiro atoms. The highest BCUT2D eigenvalue weighted by Gasteiger charge is 2.41. The summed E-state index contributed by atoms with van der Waals surface area (Å²) in [6.45, 7) is 3.05. The summed E-state index contributed by atoms with van der Waals surface area (Å²) in [5, 5.41) is 3.06. The fraction of sp³-hybridized carbons (Fsp3) is 0.909. The van der Waals surface area contributed by atoms with Crippen LogP contribution in [0.2, 0.25) is 0 Å². The van der Waals surface area contributed by atoms with Crippen molar-refractivity contribution in [2.24, 2.45) is 17.6 Å². The van der Waals surface area contributed by atoms with Crippen molar-refractivity contribution < 1.29 is 9.53 Å². The molecule has 0 aromatic heterocycles. The normalized spacial score (nSPS) is 32.7. The maximum Gasteiger partial charge on any atom is 0.224 e. The molecule has 1 saturated heterocycles. The number of amides is 1. The highest BCUT2D eigenvalue weighted by atomic mass is 16.5. The van der Waals surface area contributed by atoms with Crippen LogP contribution in [0.5, 0.6) is 0 Å². The summed E-state index contributed by atoms with van der Waals surface area (Å²) in [4.78, 5) is 11.7. The van der Waals surface area contributed by atoms with Gasteiger partial charge in [0, 0.05) is 19.1 Å². The van der Waals surface area contributed by atoms with E-state index in [-0.39, 0.29) is 24.0 Å². The Hall–Kier alpha value is -0.610. The van der Waals surface area contributed by atoms with Gasteiger partial charge in [0.2, 0.25) is 5.91 Å². The van der Waals surface area contributed by atoms with Crippen molar-refractivity contribution in [1.82, 2.24) is 5.32 Å². The quantitative estimate of drug-likeness (QED) is 0.703. The molecule has 0 bridgehead atoms. The Morgan fingerprint density at radius 3 is 2.87 bits per heavy atom. The standard InChI is InChI=1S/C11H20N2O2/c1-7(6-12)11(14)13-9-4-5-15-10(9)8-2-3-8/h7-10H,2-6,12H2,1H3,(H,13,14). The van der Waals surface area contributed by atoms with Gasteiger partial charge in [-0.2, -0.15) is 0 Å². The molecule has 1 heterocycles. The van der Waals surface area contributed by atoms with E-state index in [0.29, 0.717) is 12.5 Å². The third-order valence-corrected chi connectivity index (χ3v) is 3.35. The van der Waals surface area contributed by atoms with Crippen LogP contribution in [0.1, 0.15) is 26.2 Å². The maximum atomic E-state index is 11.7. The van der Waals surface area contributed by atoms with E-state index in [1.165, 1.54) is 12.8 Å². The Balaban J connectivity index is 1.84. The zero-order valence-corrected chi connectivity index (χ0v) is 9.24. The number of hydrogen-bond donors (Lipinski definition) is 2. The summed E-state index contributed by atoms with van der Waals surface area (Å²) < 4.78 is 5.66. The van der Waals surface area contributed by atoms with Gasteiger partial charge in [-0.25, -0.2) is 0 Å². The number of nitrogens with two attached hydrogens (primary N) is 1. The van der Waals surface area contributed by atoms with Gasteiger partial charge in [0.15, 0.2) is 0 Å². The van der Waals surface area contributed by atoms with Crippen molar-refractivity contribution in [3.63, 3.8) is 0 Å². The summed E-state index contributed by atoms with van der Waals surface area (Å²) >= 11 is 0. The van der Waals surface area contributed by atoms with Crippen molar-refractivity contribution in [3.8, 4) is 0 Å². The lowest BCUT2D eigenvalue weighted by Crippen LogP contribution is -2.44. The molecule has 15 heavy (non-hydrogen) atoms. The van der Waals surface area contributed by atoms with E-state index in [1.807, 2.05) is 6.92 Å². The minimum atomic E-state index is -0.0922. The molecule has 3 unspecified atom stereocenters. The lowest BCUT2D eigenvalue weighted by atomic mass is 10.0. The third-order valence-electron chi connectivity index (χ3n) is 3.35. The number of hydrogen-bond acceptors (Lipinski definition) is 3. The van der Waals surface area contributed by atoms with Crippen molar-refractivity contribution in [3.05, 3.63) is 0 Å². The van der Waals surface area contributed by atoms with Gasteiger partial charge in [0.25, 0.3) is 0 Å². The van der Waals surface area contributed by atoms with E-state index in [9.17, 15) is 4.79 Å². The van der Waals surface area contributed by atoms with Gasteiger partial charge in [0.05, 0.1) is 12.1 Å². The molecule has 4 heteroatoms. The van der Waals surface area contributed by atoms with Crippen molar-refractivity contribution in [1.29, 1.82) is 0 Å². The van der Waals surface area contributed by atoms with E-state index >= 15 is 0 Å². The predicted octanol–water partition coefficient (Wildman–Crippen LogP) is 0.265. The van der Waals surface area contributed by atoms with Gasteiger partial charge in [-0.3, -0.25) is 4.79 Å². The van der Waals surface area contributed by atoms with Crippen LogP contribution in [0.25, 0.3) is 0 Å². The lowest BCUT2D eigenvalue weighted by Gasteiger charge is -2.21. The minimum Gasteiger partial charge on any atom is -0.376 e. The van der Waals surface area contributed by atoms with Gasteiger partial charge >= 0.3 is 0 Å². The molecule has 0 aromatic carbocycles. The van der Waals surface area contributed by atoms with Crippen LogP contribution >= 0.6 is 0 Å². The first-order valence-electron chi connectivity index (χ1n) is 5.84. The molecule has 3 atom stereocenters. The zero-order valence-electron chi connectivity index (χ0n) is 9.24. The smallest absolute Gasteiger partial charge is 0.224 e. The highest BCUT2D eigenvalue weighted by molar-refractivity contribution is 5.78. The second kappa shape index (κ2) is 4.49. The lowest BCUT2D eigenvalue weighted by molar-refractivity contribution is -0.125. The number of nitrogens with one attached hydrogen (secondary N) is 1. The monoisotopic (exact) mass is 212 g/mol. The molecule has 3 N–H and O–H groups in total. The molecular weight excluding hydrogens is 192 g/mol. The highest BCUT2D eigenvalue weighted by Crippen LogP contribution is 2.38. The van der Waals surface area contributed by atoms with Gasteiger partial charge in [-0.05, 0) is 25.2 Å². The topological polar surface area (TPSA) is 64.4 Å². The van der Waals surface area contributed by atoms with Crippen LogP contribution < -0.4 is 11.1 Å². The Morgan fingerprint density at radius 2 is 2.27 bits per heavy atom. The Kier molecular flexibility index (Phi) is 3.26. The van der Waals surface area contributed by atoms with Crippen molar-refractivity contribution in [2.75, 3.05) is 13.2 Å². The number of ether oxygens (including phenoxy) is 1. The van der Waals surface area contributed by atoms with Gasteiger partial charge in [-0.1, -0.05) is 6.92 Å². The van der Waals surface area contributed by atoms with Crippen LogP contribution in [-0.4, -0.2) is 31.2 Å². The molecule has 2 fully saturated rings. The average molecular weight is 212 g/mol. The van der Waals surface area contributed by atoms with Crippen LogP contribution in [0.15, 0.2) is 0 Å². The number of rotatable bonds is 4. The van der Waals surface area contributed by atoms with Crippen LogP contribution in [0, 0.1) is 11.8 Å². The summed E-state index contributed by atoms with van der Waals surface area (Å²) in [6, 6.07) is 0.221. The predicted molar refractivity (Wildman–Crippen MR) is 57.2 cm³/mol. The SMILES string of the molecule is CC(CN)C(=O)NC1CCOC1C1CC1. The van der Waals surface area contributed by atoms with E-state index in [1.54, 1.807) is 0 Å². The van der Waals surface area contributed by atoms with E-state index in [0.717, 1.165) is 13.0 Å². The van der Waals surface area contributed by atoms with E-state index in [4.69, 9.17) is 10.5 Å². The number of carbonyl (C=O) groups excluding carboxylic acids is 1. The average Bonchev–Trinajstić information content (AvgIpc) is 2.99. The molecule has 0 aromatic rings. The second-order valence-corrected chi connectivity index (χ2v) is 4.71. The summed E-state index contributed by atoms with van der Waals surface area (Å²) in [7, 11) is 0. The molecule has 2 rings (SSSR count). The van der Waals surface area contributed by atoms with E-state index in [2.05, 4.69) is 5.32 Å². The molecule has 86 valence electrons. The third kappa shape index (κ3) is 2.49. The zero-order chi connectivity index (χ0) is 10.8. The van der Waals surface area contributed by atoms with Crippen LogP contribution in [0.3, 0.4) is 0 Å². The van der Waals surface area contributed by atoms with E-state index < -0.39 is 0 Å². The number of carbonyl (C=O) groups is 1. The first-order valence-corrected chi connectivity index (χ1v) is 5.84. The molecule has 1 aliphatic heterocycles. The minimum absolute atomic E-state index is 0.0682. The molecule has 1 saturated carbocycles. The van der Waals surface area contributed by atoms with Crippen LogP contribution in [0.4, 0.5) is 0 Å². The maximum absolute atomic E-state index is 11.7. The Bertz CT molecular complexity index is 241. The van der Waals surface area contributed by atoms with Gasteiger partial charge < -0.3 is 15.8 Å². The summed E-state index contributed by atoms with van der Waals surface area (Å²) in [6.07, 6.45) is 3.72. The largest absolute Gasteiger partial charge is 0.376 e. The van der Waals surface area contributed by atoms with Crippen LogP contribution in [-0.2, 0) is 9.53 Å².